The van der Waals surface area contributed by atoms with Crippen LogP contribution in [0.15, 0.2) is 30.3 Å². The highest BCUT2D eigenvalue weighted by Gasteiger charge is 2.67. The Morgan fingerprint density at radius 1 is 1.33 bits per heavy atom. The third-order valence-electron chi connectivity index (χ3n) is 4.00. The average Bonchev–Trinajstić information content (AvgIpc) is 3.10. The van der Waals surface area contributed by atoms with Gasteiger partial charge in [0.15, 0.2) is 0 Å². The first-order chi connectivity index (χ1) is 8.63. The van der Waals surface area contributed by atoms with Gasteiger partial charge in [-0.2, -0.15) is 0 Å². The van der Waals surface area contributed by atoms with E-state index in [1.165, 1.54) is 0 Å². The second-order valence-corrected chi connectivity index (χ2v) is 5.13. The number of nitro groups is 1. The van der Waals surface area contributed by atoms with Crippen LogP contribution in [0.2, 0.25) is 0 Å². The van der Waals surface area contributed by atoms with Crippen molar-refractivity contribution in [2.24, 2.45) is 5.41 Å². The molecule has 1 aromatic rings. The number of hydrogen-bond acceptors (Lipinski definition) is 3. The molecule has 0 radical (unpaired) electrons. The van der Waals surface area contributed by atoms with E-state index in [-0.39, 0.29) is 17.4 Å². The molecule has 0 aromatic heterocycles. The lowest BCUT2D eigenvalue weighted by Gasteiger charge is -2.15. The van der Waals surface area contributed by atoms with Crippen molar-refractivity contribution >= 4 is 5.91 Å². The van der Waals surface area contributed by atoms with Crippen molar-refractivity contribution in [1.29, 1.82) is 0 Å². The minimum absolute atomic E-state index is 0.0342. The van der Waals surface area contributed by atoms with Crippen LogP contribution in [0.25, 0.3) is 0 Å². The minimum Gasteiger partial charge on any atom is -0.331 e. The monoisotopic (exact) mass is 246 g/mol. The molecule has 5 heteroatoms. The molecular weight excluding hydrogens is 232 g/mol. The van der Waals surface area contributed by atoms with Crippen molar-refractivity contribution in [1.82, 2.24) is 4.90 Å². The zero-order valence-electron chi connectivity index (χ0n) is 9.91. The summed E-state index contributed by atoms with van der Waals surface area (Å²) < 4.78 is 0. The Morgan fingerprint density at radius 2 is 2.00 bits per heavy atom. The number of rotatable bonds is 3. The fourth-order valence-corrected chi connectivity index (χ4v) is 2.81. The Labute approximate surface area is 105 Å². The van der Waals surface area contributed by atoms with Crippen LogP contribution in [0, 0.1) is 15.5 Å². The SMILES string of the molecule is O=C1N(Cc2ccccc2)CC([N+](=O)[O-])C12CC2. The second kappa shape index (κ2) is 3.80. The van der Waals surface area contributed by atoms with Gasteiger partial charge >= 0.3 is 0 Å². The summed E-state index contributed by atoms with van der Waals surface area (Å²) >= 11 is 0. The van der Waals surface area contributed by atoms with Gasteiger partial charge in [0.2, 0.25) is 11.9 Å². The number of carbonyl (C=O) groups is 1. The quantitative estimate of drug-likeness (QED) is 0.599. The number of carbonyl (C=O) groups excluding carboxylic acids is 1. The van der Waals surface area contributed by atoms with E-state index in [1.54, 1.807) is 4.90 Å². The Morgan fingerprint density at radius 3 is 2.50 bits per heavy atom. The van der Waals surface area contributed by atoms with Crippen molar-refractivity contribution in [3.05, 3.63) is 46.0 Å². The van der Waals surface area contributed by atoms with Crippen molar-refractivity contribution < 1.29 is 9.72 Å². The van der Waals surface area contributed by atoms with Crippen LogP contribution in [0.1, 0.15) is 18.4 Å². The van der Waals surface area contributed by atoms with Crippen LogP contribution in [-0.2, 0) is 11.3 Å². The van der Waals surface area contributed by atoms with Gasteiger partial charge in [-0.1, -0.05) is 30.3 Å². The van der Waals surface area contributed by atoms with Gasteiger partial charge in [-0.15, -0.1) is 0 Å². The summed E-state index contributed by atoms with van der Waals surface area (Å²) in [6, 6.07) is 8.89. The van der Waals surface area contributed by atoms with Gasteiger partial charge in [-0.25, -0.2) is 0 Å². The van der Waals surface area contributed by atoms with E-state index < -0.39 is 11.5 Å². The number of benzene rings is 1. The summed E-state index contributed by atoms with van der Waals surface area (Å²) in [5, 5.41) is 11.0. The number of nitrogens with zero attached hydrogens (tertiary/aromatic N) is 2. The van der Waals surface area contributed by atoms with Crippen LogP contribution in [0.3, 0.4) is 0 Å². The summed E-state index contributed by atoms with van der Waals surface area (Å²) in [6.07, 6.45) is 1.34. The first-order valence-corrected chi connectivity index (χ1v) is 6.10. The highest BCUT2D eigenvalue weighted by molar-refractivity contribution is 5.88. The molecule has 1 amide bonds. The van der Waals surface area contributed by atoms with E-state index in [9.17, 15) is 14.9 Å². The third kappa shape index (κ3) is 1.58. The van der Waals surface area contributed by atoms with Gasteiger partial charge in [0.25, 0.3) is 0 Å². The first-order valence-electron chi connectivity index (χ1n) is 6.10. The molecule has 94 valence electrons. The first kappa shape index (κ1) is 11.2. The second-order valence-electron chi connectivity index (χ2n) is 5.13. The van der Waals surface area contributed by atoms with Gasteiger partial charge in [-0.3, -0.25) is 14.9 Å². The molecule has 1 saturated carbocycles. The smallest absolute Gasteiger partial charge is 0.244 e. The molecule has 1 aromatic carbocycles. The minimum atomic E-state index is -0.714. The van der Waals surface area contributed by atoms with Crippen LogP contribution < -0.4 is 0 Å². The van der Waals surface area contributed by atoms with Crippen LogP contribution in [0.5, 0.6) is 0 Å². The van der Waals surface area contributed by atoms with Gasteiger partial charge < -0.3 is 4.90 Å². The standard InChI is InChI=1S/C13H14N2O3/c16-12-13(6-7-13)11(15(17)18)9-14(12)8-10-4-2-1-3-5-10/h1-5,11H,6-9H2. The van der Waals surface area contributed by atoms with E-state index in [1.807, 2.05) is 30.3 Å². The summed E-state index contributed by atoms with van der Waals surface area (Å²) in [5.74, 6) is -0.0342. The molecule has 3 rings (SSSR count). The van der Waals surface area contributed by atoms with E-state index in [0.717, 1.165) is 5.56 Å². The topological polar surface area (TPSA) is 63.5 Å². The highest BCUT2D eigenvalue weighted by atomic mass is 16.6. The van der Waals surface area contributed by atoms with Crippen molar-refractivity contribution in [2.45, 2.75) is 25.4 Å². The maximum Gasteiger partial charge on any atom is 0.244 e. The van der Waals surface area contributed by atoms with Crippen LogP contribution in [-0.4, -0.2) is 28.3 Å². The number of hydrogen-bond donors (Lipinski definition) is 0. The summed E-state index contributed by atoms with van der Waals surface area (Å²) in [7, 11) is 0. The van der Waals surface area contributed by atoms with Crippen molar-refractivity contribution in [3.8, 4) is 0 Å². The van der Waals surface area contributed by atoms with Gasteiger partial charge in [0.05, 0.1) is 6.54 Å². The summed E-state index contributed by atoms with van der Waals surface area (Å²) in [6.45, 7) is 0.729. The maximum atomic E-state index is 12.2. The normalized spacial score (nSPS) is 24.6. The lowest BCUT2D eigenvalue weighted by Crippen LogP contribution is -2.30. The molecule has 0 bridgehead atoms. The molecule has 18 heavy (non-hydrogen) atoms. The summed E-state index contributed by atoms with van der Waals surface area (Å²) in [4.78, 5) is 24.6. The fourth-order valence-electron chi connectivity index (χ4n) is 2.81. The molecule has 1 saturated heterocycles. The number of likely N-dealkylation sites (tertiary alicyclic amines) is 1. The van der Waals surface area contributed by atoms with Crippen molar-refractivity contribution in [2.75, 3.05) is 6.54 Å². The lowest BCUT2D eigenvalue weighted by molar-refractivity contribution is -0.527. The van der Waals surface area contributed by atoms with E-state index in [0.29, 0.717) is 19.4 Å². The predicted molar refractivity (Wildman–Crippen MR) is 64.3 cm³/mol. The lowest BCUT2D eigenvalue weighted by atomic mass is 10.0. The molecule has 1 heterocycles. The largest absolute Gasteiger partial charge is 0.331 e. The number of amides is 1. The van der Waals surface area contributed by atoms with Gasteiger partial charge in [0.1, 0.15) is 5.41 Å². The molecule has 5 nitrogen and oxygen atoms in total. The summed E-state index contributed by atoms with van der Waals surface area (Å²) in [5.41, 5.74) is 0.351. The molecule has 1 unspecified atom stereocenters. The van der Waals surface area contributed by atoms with Gasteiger partial charge in [-0.05, 0) is 18.4 Å². The van der Waals surface area contributed by atoms with Crippen LogP contribution >= 0.6 is 0 Å². The zero-order chi connectivity index (χ0) is 12.8. The molecular formula is C13H14N2O3. The molecule has 2 fully saturated rings. The molecule has 2 aliphatic rings. The van der Waals surface area contributed by atoms with E-state index >= 15 is 0 Å². The van der Waals surface area contributed by atoms with Gasteiger partial charge in [0, 0.05) is 11.5 Å². The Bertz CT molecular complexity index is 496. The van der Waals surface area contributed by atoms with Crippen LogP contribution in [0.4, 0.5) is 0 Å². The van der Waals surface area contributed by atoms with E-state index in [2.05, 4.69) is 0 Å². The third-order valence-corrected chi connectivity index (χ3v) is 4.00. The average molecular weight is 246 g/mol. The Hall–Kier alpha value is -1.91. The molecule has 1 spiro atoms. The molecule has 1 aliphatic carbocycles. The maximum absolute atomic E-state index is 12.2. The Balaban J connectivity index is 1.79. The van der Waals surface area contributed by atoms with E-state index in [4.69, 9.17) is 0 Å². The molecule has 0 N–H and O–H groups in total. The Kier molecular flexibility index (Phi) is 2.36. The predicted octanol–water partition coefficient (Wildman–Crippen LogP) is 1.45. The molecule has 1 atom stereocenters. The molecule has 1 aliphatic heterocycles. The fraction of sp³-hybridized carbons (Fsp3) is 0.462. The zero-order valence-corrected chi connectivity index (χ0v) is 9.91. The van der Waals surface area contributed by atoms with Crippen molar-refractivity contribution in [3.63, 3.8) is 0 Å². The highest BCUT2D eigenvalue weighted by Crippen LogP contribution is 2.54.